The van der Waals surface area contributed by atoms with Crippen molar-refractivity contribution in [1.29, 1.82) is 0 Å². The van der Waals surface area contributed by atoms with Gasteiger partial charge in [0.1, 0.15) is 12.6 Å². The molecule has 0 spiro atoms. The number of rotatable bonds is 11. The lowest BCUT2D eigenvalue weighted by atomic mass is 10.1. The van der Waals surface area contributed by atoms with E-state index in [1.807, 2.05) is 57.2 Å². The van der Waals surface area contributed by atoms with Crippen LogP contribution in [-0.2, 0) is 26.0 Å². The minimum absolute atomic E-state index is 0.139. The summed E-state index contributed by atoms with van der Waals surface area (Å²) < 4.78 is 26.8. The van der Waals surface area contributed by atoms with Crippen LogP contribution in [0, 0.1) is 13.8 Å². The molecule has 1 atom stereocenters. The minimum atomic E-state index is -3.74. The summed E-state index contributed by atoms with van der Waals surface area (Å²) in [4.78, 5) is 28.6. The predicted molar refractivity (Wildman–Crippen MR) is 144 cm³/mol. The second-order valence-corrected chi connectivity index (χ2v) is 11.6. The molecule has 7 nitrogen and oxygen atoms in total. The first-order chi connectivity index (χ1) is 17.1. The van der Waals surface area contributed by atoms with Gasteiger partial charge in [-0.25, -0.2) is 8.42 Å². The van der Waals surface area contributed by atoms with Gasteiger partial charge in [0, 0.05) is 12.6 Å². The number of carbonyl (C=O) groups excluding carboxylic acids is 2. The fourth-order valence-corrected chi connectivity index (χ4v) is 5.76. The van der Waals surface area contributed by atoms with Crippen LogP contribution in [0.4, 0.5) is 5.69 Å². The van der Waals surface area contributed by atoms with Gasteiger partial charge in [0.15, 0.2) is 0 Å². The number of sulfonamides is 1. The number of nitrogens with one attached hydrogen (secondary N) is 1. The van der Waals surface area contributed by atoms with E-state index in [2.05, 4.69) is 5.32 Å². The zero-order valence-electron chi connectivity index (χ0n) is 21.9. The minimum Gasteiger partial charge on any atom is -0.352 e. The SMILES string of the molecule is CCC(C(=O)NC1CCCC1)N(CCc1ccccc1)C(=O)CN(c1cccc(C)c1C)S(C)(=O)=O. The summed E-state index contributed by atoms with van der Waals surface area (Å²) in [5.74, 6) is -0.547. The molecular weight excluding hydrogens is 474 g/mol. The Bertz CT molecular complexity index is 1140. The van der Waals surface area contributed by atoms with Crippen LogP contribution in [0.5, 0.6) is 0 Å². The Morgan fingerprint density at radius 1 is 1.03 bits per heavy atom. The highest BCUT2D eigenvalue weighted by Crippen LogP contribution is 2.25. The van der Waals surface area contributed by atoms with Crippen LogP contribution in [0.25, 0.3) is 0 Å². The van der Waals surface area contributed by atoms with Crippen molar-refractivity contribution in [2.45, 2.75) is 71.4 Å². The highest BCUT2D eigenvalue weighted by Gasteiger charge is 2.33. The molecule has 0 bridgehead atoms. The van der Waals surface area contributed by atoms with Crippen molar-refractivity contribution in [3.63, 3.8) is 0 Å². The van der Waals surface area contributed by atoms with Crippen molar-refractivity contribution in [1.82, 2.24) is 10.2 Å². The highest BCUT2D eigenvalue weighted by atomic mass is 32.2. The maximum atomic E-state index is 13.8. The lowest BCUT2D eigenvalue weighted by molar-refractivity contribution is -0.139. The fraction of sp³-hybridized carbons (Fsp3) is 0.500. The second-order valence-electron chi connectivity index (χ2n) is 9.73. The number of benzene rings is 2. The van der Waals surface area contributed by atoms with Crippen molar-refractivity contribution >= 4 is 27.5 Å². The number of amides is 2. The summed E-state index contributed by atoms with van der Waals surface area (Å²) in [6.45, 7) is 5.62. The van der Waals surface area contributed by atoms with Crippen molar-refractivity contribution in [3.8, 4) is 0 Å². The quantitative estimate of drug-likeness (QED) is 0.492. The van der Waals surface area contributed by atoms with Crippen molar-refractivity contribution in [3.05, 3.63) is 65.2 Å². The Morgan fingerprint density at radius 2 is 1.69 bits per heavy atom. The molecule has 36 heavy (non-hydrogen) atoms. The van der Waals surface area contributed by atoms with Crippen LogP contribution in [0.3, 0.4) is 0 Å². The van der Waals surface area contributed by atoms with E-state index in [-0.39, 0.29) is 24.4 Å². The first-order valence-corrected chi connectivity index (χ1v) is 14.6. The van der Waals surface area contributed by atoms with Gasteiger partial charge in [-0.2, -0.15) is 0 Å². The molecule has 1 aliphatic rings. The lowest BCUT2D eigenvalue weighted by Gasteiger charge is -2.33. The number of carbonyl (C=O) groups is 2. The third-order valence-corrected chi connectivity index (χ3v) is 8.22. The molecule has 0 aromatic heterocycles. The van der Waals surface area contributed by atoms with Gasteiger partial charge in [-0.05, 0) is 62.3 Å². The van der Waals surface area contributed by atoms with Gasteiger partial charge >= 0.3 is 0 Å². The molecule has 1 N–H and O–H groups in total. The molecular formula is C28H39N3O4S. The largest absolute Gasteiger partial charge is 0.352 e. The first-order valence-electron chi connectivity index (χ1n) is 12.8. The molecule has 2 amide bonds. The molecule has 0 heterocycles. The van der Waals surface area contributed by atoms with Gasteiger partial charge in [-0.3, -0.25) is 13.9 Å². The molecule has 0 radical (unpaired) electrons. The van der Waals surface area contributed by atoms with Crippen LogP contribution in [-0.4, -0.2) is 56.6 Å². The zero-order chi connectivity index (χ0) is 26.3. The smallest absolute Gasteiger partial charge is 0.244 e. The van der Waals surface area contributed by atoms with Gasteiger partial charge in [-0.1, -0.05) is 62.2 Å². The maximum absolute atomic E-state index is 13.8. The third-order valence-electron chi connectivity index (χ3n) is 7.10. The average Bonchev–Trinajstić information content (AvgIpc) is 3.35. The van der Waals surface area contributed by atoms with Crippen molar-refractivity contribution < 1.29 is 18.0 Å². The number of aryl methyl sites for hydroxylation is 1. The molecule has 0 saturated heterocycles. The van der Waals surface area contributed by atoms with E-state index >= 15 is 0 Å². The van der Waals surface area contributed by atoms with E-state index in [4.69, 9.17) is 0 Å². The Balaban J connectivity index is 1.89. The van der Waals surface area contributed by atoms with Crippen LogP contribution < -0.4 is 9.62 Å². The van der Waals surface area contributed by atoms with E-state index in [0.29, 0.717) is 25.1 Å². The molecule has 3 rings (SSSR count). The van der Waals surface area contributed by atoms with Gasteiger partial charge < -0.3 is 10.2 Å². The monoisotopic (exact) mass is 513 g/mol. The van der Waals surface area contributed by atoms with Crippen molar-refractivity contribution in [2.24, 2.45) is 0 Å². The Kier molecular flexibility index (Phi) is 9.54. The molecule has 1 aliphatic carbocycles. The Hall–Kier alpha value is -2.87. The molecule has 1 unspecified atom stereocenters. The zero-order valence-corrected chi connectivity index (χ0v) is 22.7. The topological polar surface area (TPSA) is 86.8 Å². The van der Waals surface area contributed by atoms with Crippen LogP contribution in [0.15, 0.2) is 48.5 Å². The number of hydrogen-bond donors (Lipinski definition) is 1. The van der Waals surface area contributed by atoms with Crippen LogP contribution >= 0.6 is 0 Å². The van der Waals surface area contributed by atoms with Gasteiger partial charge in [0.05, 0.1) is 11.9 Å². The molecule has 2 aromatic rings. The summed E-state index contributed by atoms with van der Waals surface area (Å²) in [5.41, 5.74) is 3.28. The average molecular weight is 514 g/mol. The summed E-state index contributed by atoms with van der Waals surface area (Å²) >= 11 is 0. The lowest BCUT2D eigenvalue weighted by Crippen LogP contribution is -2.54. The predicted octanol–water partition coefficient (Wildman–Crippen LogP) is 3.98. The molecule has 196 valence electrons. The molecule has 0 aliphatic heterocycles. The molecule has 8 heteroatoms. The van der Waals surface area contributed by atoms with E-state index < -0.39 is 16.1 Å². The first kappa shape index (κ1) is 27.7. The van der Waals surface area contributed by atoms with Crippen LogP contribution in [0.2, 0.25) is 0 Å². The number of hydrogen-bond acceptors (Lipinski definition) is 4. The van der Waals surface area contributed by atoms with E-state index in [0.717, 1.165) is 52.9 Å². The van der Waals surface area contributed by atoms with E-state index in [9.17, 15) is 18.0 Å². The standard InChI is InChI=1S/C28H39N3O4S/c1-5-25(28(33)29-24-15-9-10-16-24)30(19-18-23-13-7-6-8-14-23)27(32)20-31(36(4,34)35)26-17-11-12-21(2)22(26)3/h6-8,11-14,17,24-25H,5,9-10,15-16,18-20H2,1-4H3,(H,29,33). The van der Waals surface area contributed by atoms with E-state index in [1.54, 1.807) is 17.0 Å². The highest BCUT2D eigenvalue weighted by molar-refractivity contribution is 7.92. The number of anilines is 1. The maximum Gasteiger partial charge on any atom is 0.244 e. The molecule has 1 saturated carbocycles. The molecule has 1 fully saturated rings. The van der Waals surface area contributed by atoms with Gasteiger partial charge in [0.2, 0.25) is 21.8 Å². The molecule has 2 aromatic carbocycles. The summed E-state index contributed by atoms with van der Waals surface area (Å²) in [7, 11) is -3.74. The number of nitrogens with zero attached hydrogens (tertiary/aromatic N) is 2. The summed E-state index contributed by atoms with van der Waals surface area (Å²) in [6, 6.07) is 14.7. The third kappa shape index (κ3) is 7.09. The summed E-state index contributed by atoms with van der Waals surface area (Å²) in [5, 5.41) is 3.13. The second kappa shape index (κ2) is 12.4. The summed E-state index contributed by atoms with van der Waals surface area (Å²) in [6.07, 6.45) is 6.22. The van der Waals surface area contributed by atoms with E-state index in [1.165, 1.54) is 0 Å². The normalized spacial score (nSPS) is 14.9. The van der Waals surface area contributed by atoms with Gasteiger partial charge in [-0.15, -0.1) is 0 Å². The Morgan fingerprint density at radius 3 is 2.31 bits per heavy atom. The van der Waals surface area contributed by atoms with Gasteiger partial charge in [0.25, 0.3) is 0 Å². The Labute approximate surface area is 215 Å². The van der Waals surface area contributed by atoms with Crippen molar-refractivity contribution in [2.75, 3.05) is 23.7 Å². The van der Waals surface area contributed by atoms with Crippen LogP contribution in [0.1, 0.15) is 55.7 Å². The fourth-order valence-electron chi connectivity index (χ4n) is 4.86.